The summed E-state index contributed by atoms with van der Waals surface area (Å²) in [5, 5.41) is 8.72. The molecule has 0 aliphatic carbocycles. The van der Waals surface area contributed by atoms with E-state index in [1.807, 2.05) is 18.2 Å². The fourth-order valence-electron chi connectivity index (χ4n) is 2.19. The molecule has 1 aromatic rings. The Bertz CT molecular complexity index is 353. The summed E-state index contributed by atoms with van der Waals surface area (Å²) >= 11 is 0. The van der Waals surface area contributed by atoms with Crippen LogP contribution in [0.25, 0.3) is 0 Å². The average Bonchev–Trinajstić information content (AvgIpc) is 2.66. The second-order valence-corrected chi connectivity index (χ2v) is 4.31. The van der Waals surface area contributed by atoms with E-state index < -0.39 is 5.97 Å². The number of pyridine rings is 1. The molecule has 1 atom stereocenters. The van der Waals surface area contributed by atoms with Crippen LogP contribution in [0.1, 0.15) is 18.5 Å². The highest BCUT2D eigenvalue weighted by Gasteiger charge is 2.24. The molecule has 1 aromatic heterocycles. The van der Waals surface area contributed by atoms with Crippen molar-refractivity contribution in [3.05, 3.63) is 30.1 Å². The molecule has 0 spiro atoms. The number of aliphatic carboxylic acids is 1. The first-order valence-electron chi connectivity index (χ1n) is 5.58. The molecule has 0 radical (unpaired) electrons. The lowest BCUT2D eigenvalue weighted by molar-refractivity contribution is -0.138. The molecule has 0 aromatic carbocycles. The third-order valence-corrected chi connectivity index (χ3v) is 2.95. The van der Waals surface area contributed by atoms with Crippen molar-refractivity contribution >= 4 is 5.97 Å². The first kappa shape index (κ1) is 11.1. The lowest BCUT2D eigenvalue weighted by atomic mass is 10.1. The van der Waals surface area contributed by atoms with E-state index in [0.29, 0.717) is 12.3 Å². The molecule has 0 saturated carbocycles. The number of rotatable bonds is 4. The maximum atomic E-state index is 10.6. The van der Waals surface area contributed by atoms with Crippen LogP contribution in [0.5, 0.6) is 0 Å². The van der Waals surface area contributed by atoms with Gasteiger partial charge in [0.05, 0.1) is 5.69 Å². The molecular formula is C12H16N2O2. The van der Waals surface area contributed by atoms with Gasteiger partial charge in [-0.05, 0) is 31.0 Å². The maximum Gasteiger partial charge on any atom is 0.303 e. The molecule has 1 fully saturated rings. The van der Waals surface area contributed by atoms with Gasteiger partial charge in [-0.15, -0.1) is 0 Å². The smallest absolute Gasteiger partial charge is 0.303 e. The minimum absolute atomic E-state index is 0.290. The molecule has 4 nitrogen and oxygen atoms in total. The maximum absolute atomic E-state index is 10.6. The largest absolute Gasteiger partial charge is 0.481 e. The first-order chi connectivity index (χ1) is 7.74. The van der Waals surface area contributed by atoms with Gasteiger partial charge in [0.15, 0.2) is 0 Å². The lowest BCUT2D eigenvalue weighted by Crippen LogP contribution is -2.21. The van der Waals surface area contributed by atoms with Crippen molar-refractivity contribution in [2.75, 3.05) is 13.1 Å². The summed E-state index contributed by atoms with van der Waals surface area (Å²) < 4.78 is 0. The van der Waals surface area contributed by atoms with Gasteiger partial charge in [0, 0.05) is 25.7 Å². The SMILES string of the molecule is O=C(O)CC1CCN(Cc2ccccn2)C1. The van der Waals surface area contributed by atoms with Gasteiger partial charge in [0.25, 0.3) is 0 Å². The second kappa shape index (κ2) is 5.07. The molecule has 1 N–H and O–H groups in total. The van der Waals surface area contributed by atoms with Crippen molar-refractivity contribution in [1.82, 2.24) is 9.88 Å². The van der Waals surface area contributed by atoms with Gasteiger partial charge in [-0.1, -0.05) is 6.07 Å². The Morgan fingerprint density at radius 2 is 2.44 bits per heavy atom. The molecule has 2 heterocycles. The van der Waals surface area contributed by atoms with Crippen molar-refractivity contribution < 1.29 is 9.90 Å². The fraction of sp³-hybridized carbons (Fsp3) is 0.500. The number of carboxylic acids is 1. The number of hydrogen-bond donors (Lipinski definition) is 1. The van der Waals surface area contributed by atoms with E-state index in [4.69, 9.17) is 5.11 Å². The summed E-state index contributed by atoms with van der Waals surface area (Å²) in [6.45, 7) is 2.69. The Morgan fingerprint density at radius 3 is 3.12 bits per heavy atom. The number of nitrogens with zero attached hydrogens (tertiary/aromatic N) is 2. The second-order valence-electron chi connectivity index (χ2n) is 4.31. The van der Waals surface area contributed by atoms with E-state index in [9.17, 15) is 4.79 Å². The molecular weight excluding hydrogens is 204 g/mol. The van der Waals surface area contributed by atoms with E-state index >= 15 is 0 Å². The van der Waals surface area contributed by atoms with E-state index in [1.54, 1.807) is 6.20 Å². The van der Waals surface area contributed by atoms with Crippen LogP contribution in [0, 0.1) is 5.92 Å². The average molecular weight is 220 g/mol. The number of carboxylic acid groups (broad SMARTS) is 1. The Labute approximate surface area is 94.9 Å². The van der Waals surface area contributed by atoms with Crippen molar-refractivity contribution in [1.29, 1.82) is 0 Å². The molecule has 0 amide bonds. The fourth-order valence-corrected chi connectivity index (χ4v) is 2.19. The number of carbonyl (C=O) groups is 1. The van der Waals surface area contributed by atoms with E-state index in [-0.39, 0.29) is 0 Å². The van der Waals surface area contributed by atoms with Crippen molar-refractivity contribution in [2.45, 2.75) is 19.4 Å². The van der Waals surface area contributed by atoms with Gasteiger partial charge >= 0.3 is 5.97 Å². The van der Waals surface area contributed by atoms with Crippen molar-refractivity contribution in [3.8, 4) is 0 Å². The van der Waals surface area contributed by atoms with Crippen LogP contribution in [0.3, 0.4) is 0 Å². The van der Waals surface area contributed by atoms with Crippen LogP contribution in [-0.4, -0.2) is 34.0 Å². The van der Waals surface area contributed by atoms with Gasteiger partial charge in [-0.2, -0.15) is 0 Å². The van der Waals surface area contributed by atoms with Crippen LogP contribution in [0.4, 0.5) is 0 Å². The first-order valence-corrected chi connectivity index (χ1v) is 5.58. The predicted molar refractivity (Wildman–Crippen MR) is 59.9 cm³/mol. The summed E-state index contributed by atoms with van der Waals surface area (Å²) in [5.41, 5.74) is 1.05. The van der Waals surface area contributed by atoms with Crippen LogP contribution < -0.4 is 0 Å². The molecule has 1 saturated heterocycles. The van der Waals surface area contributed by atoms with Crippen LogP contribution in [0.15, 0.2) is 24.4 Å². The standard InChI is InChI=1S/C12H16N2O2/c15-12(16)7-10-4-6-14(8-10)9-11-3-1-2-5-13-11/h1-3,5,10H,4,6-9H2,(H,15,16). The zero-order valence-corrected chi connectivity index (χ0v) is 9.17. The van der Waals surface area contributed by atoms with Gasteiger partial charge in [-0.25, -0.2) is 0 Å². The minimum Gasteiger partial charge on any atom is -0.481 e. The van der Waals surface area contributed by atoms with Crippen molar-refractivity contribution in [2.24, 2.45) is 5.92 Å². The zero-order valence-electron chi connectivity index (χ0n) is 9.17. The molecule has 1 unspecified atom stereocenters. The molecule has 0 bridgehead atoms. The Kier molecular flexibility index (Phi) is 3.51. The van der Waals surface area contributed by atoms with Gasteiger partial charge in [0.2, 0.25) is 0 Å². The van der Waals surface area contributed by atoms with Crippen LogP contribution >= 0.6 is 0 Å². The monoisotopic (exact) mass is 220 g/mol. The quantitative estimate of drug-likeness (QED) is 0.832. The minimum atomic E-state index is -0.690. The third-order valence-electron chi connectivity index (χ3n) is 2.95. The summed E-state index contributed by atoms with van der Waals surface area (Å²) in [6.07, 6.45) is 3.07. The van der Waals surface area contributed by atoms with Gasteiger partial charge < -0.3 is 5.11 Å². The Hall–Kier alpha value is -1.42. The molecule has 1 aliphatic rings. The highest BCUT2D eigenvalue weighted by molar-refractivity contribution is 5.67. The lowest BCUT2D eigenvalue weighted by Gasteiger charge is -2.14. The summed E-state index contributed by atoms with van der Waals surface area (Å²) in [6, 6.07) is 5.89. The van der Waals surface area contributed by atoms with E-state index in [2.05, 4.69) is 9.88 Å². The number of likely N-dealkylation sites (tertiary alicyclic amines) is 1. The van der Waals surface area contributed by atoms with E-state index in [0.717, 1.165) is 31.7 Å². The Morgan fingerprint density at radius 1 is 1.56 bits per heavy atom. The number of hydrogen-bond acceptors (Lipinski definition) is 3. The van der Waals surface area contributed by atoms with Crippen molar-refractivity contribution in [3.63, 3.8) is 0 Å². The molecule has 2 rings (SSSR count). The summed E-state index contributed by atoms with van der Waals surface area (Å²) in [5.74, 6) is -0.383. The highest BCUT2D eigenvalue weighted by atomic mass is 16.4. The Balaban J connectivity index is 1.83. The summed E-state index contributed by atoms with van der Waals surface area (Å²) in [7, 11) is 0. The number of aromatic nitrogens is 1. The molecule has 16 heavy (non-hydrogen) atoms. The van der Waals surface area contributed by atoms with Crippen LogP contribution in [0.2, 0.25) is 0 Å². The predicted octanol–water partition coefficient (Wildman–Crippen LogP) is 1.38. The van der Waals surface area contributed by atoms with Gasteiger partial charge in [-0.3, -0.25) is 14.7 Å². The van der Waals surface area contributed by atoms with E-state index in [1.165, 1.54) is 0 Å². The molecule has 86 valence electrons. The zero-order chi connectivity index (χ0) is 11.4. The topological polar surface area (TPSA) is 53.4 Å². The third kappa shape index (κ3) is 3.03. The molecule has 1 aliphatic heterocycles. The molecule has 4 heteroatoms. The normalized spacial score (nSPS) is 21.1. The highest BCUT2D eigenvalue weighted by Crippen LogP contribution is 2.20. The van der Waals surface area contributed by atoms with Gasteiger partial charge in [0.1, 0.15) is 0 Å². The van der Waals surface area contributed by atoms with Crippen LogP contribution in [-0.2, 0) is 11.3 Å². The summed E-state index contributed by atoms with van der Waals surface area (Å²) in [4.78, 5) is 17.1.